The van der Waals surface area contributed by atoms with Crippen LogP contribution in [0.25, 0.3) is 0 Å². The van der Waals surface area contributed by atoms with Gasteiger partial charge in [-0.15, -0.1) is 0 Å². The first-order chi connectivity index (χ1) is 12.5. The SMILES string of the molecule is CNC(=O)C1CN(CC(=O)Nc2cc(Cl)ccc2F)c2ccccc2O1. The van der Waals surface area contributed by atoms with Gasteiger partial charge < -0.3 is 20.3 Å². The van der Waals surface area contributed by atoms with Crippen LogP contribution in [0.1, 0.15) is 0 Å². The third kappa shape index (κ3) is 3.88. The van der Waals surface area contributed by atoms with E-state index in [0.717, 1.165) is 0 Å². The van der Waals surface area contributed by atoms with Gasteiger partial charge in [0.15, 0.2) is 6.10 Å². The van der Waals surface area contributed by atoms with E-state index in [4.69, 9.17) is 16.3 Å². The second-order valence-electron chi connectivity index (χ2n) is 5.74. The van der Waals surface area contributed by atoms with Crippen LogP contribution in [-0.4, -0.2) is 38.1 Å². The summed E-state index contributed by atoms with van der Waals surface area (Å²) in [7, 11) is 1.52. The average Bonchev–Trinajstić information content (AvgIpc) is 2.64. The van der Waals surface area contributed by atoms with Crippen LogP contribution in [0.4, 0.5) is 15.8 Å². The van der Waals surface area contributed by atoms with E-state index in [9.17, 15) is 14.0 Å². The lowest BCUT2D eigenvalue weighted by atomic mass is 10.1. The van der Waals surface area contributed by atoms with Gasteiger partial charge in [0.25, 0.3) is 5.91 Å². The minimum atomic E-state index is -0.745. The number of benzene rings is 2. The van der Waals surface area contributed by atoms with Crippen molar-refractivity contribution in [3.8, 4) is 5.75 Å². The maximum absolute atomic E-state index is 13.8. The van der Waals surface area contributed by atoms with Crippen molar-refractivity contribution in [2.45, 2.75) is 6.10 Å². The van der Waals surface area contributed by atoms with E-state index < -0.39 is 17.8 Å². The average molecular weight is 378 g/mol. The van der Waals surface area contributed by atoms with Crippen LogP contribution in [0.5, 0.6) is 5.75 Å². The van der Waals surface area contributed by atoms with E-state index in [1.165, 1.54) is 25.2 Å². The van der Waals surface area contributed by atoms with E-state index in [-0.39, 0.29) is 24.7 Å². The summed E-state index contributed by atoms with van der Waals surface area (Å²) in [6, 6.07) is 11.0. The number of hydrogen-bond acceptors (Lipinski definition) is 4. The summed E-state index contributed by atoms with van der Waals surface area (Å²) < 4.78 is 19.5. The van der Waals surface area contributed by atoms with Crippen LogP contribution < -0.4 is 20.3 Å². The molecule has 2 aromatic carbocycles. The molecule has 2 aromatic rings. The zero-order chi connectivity index (χ0) is 18.7. The Morgan fingerprint density at radius 2 is 2.08 bits per heavy atom. The van der Waals surface area contributed by atoms with Crippen LogP contribution in [0.2, 0.25) is 5.02 Å². The first-order valence-corrected chi connectivity index (χ1v) is 8.33. The van der Waals surface area contributed by atoms with Gasteiger partial charge >= 0.3 is 0 Å². The number of rotatable bonds is 4. The van der Waals surface area contributed by atoms with Gasteiger partial charge in [0, 0.05) is 12.1 Å². The Kier molecular flexibility index (Phi) is 5.27. The van der Waals surface area contributed by atoms with Crippen molar-refractivity contribution in [3.63, 3.8) is 0 Å². The van der Waals surface area contributed by atoms with Crippen LogP contribution in [0.3, 0.4) is 0 Å². The highest BCUT2D eigenvalue weighted by Gasteiger charge is 2.31. The molecule has 0 radical (unpaired) electrons. The van der Waals surface area contributed by atoms with Gasteiger partial charge in [0.1, 0.15) is 11.6 Å². The Morgan fingerprint density at radius 1 is 1.31 bits per heavy atom. The summed E-state index contributed by atoms with van der Waals surface area (Å²) >= 11 is 5.84. The topological polar surface area (TPSA) is 70.7 Å². The van der Waals surface area contributed by atoms with Crippen molar-refractivity contribution in [2.24, 2.45) is 0 Å². The fraction of sp³-hybridized carbons (Fsp3) is 0.222. The number of amides is 2. The molecule has 1 atom stereocenters. The van der Waals surface area contributed by atoms with Gasteiger partial charge in [0.05, 0.1) is 24.5 Å². The normalized spacial score (nSPS) is 15.7. The van der Waals surface area contributed by atoms with Crippen molar-refractivity contribution < 1.29 is 18.7 Å². The van der Waals surface area contributed by atoms with Crippen LogP contribution in [0, 0.1) is 5.82 Å². The molecule has 136 valence electrons. The minimum Gasteiger partial charge on any atom is -0.477 e. The van der Waals surface area contributed by atoms with Crippen LogP contribution in [0.15, 0.2) is 42.5 Å². The molecule has 1 unspecified atom stereocenters. The number of ether oxygens (including phenoxy) is 1. The van der Waals surface area contributed by atoms with E-state index in [2.05, 4.69) is 10.6 Å². The number of halogens is 2. The Labute approximate surface area is 154 Å². The quantitative estimate of drug-likeness (QED) is 0.858. The zero-order valence-corrected chi connectivity index (χ0v) is 14.7. The van der Waals surface area contributed by atoms with Gasteiger partial charge in [-0.25, -0.2) is 4.39 Å². The number of anilines is 2. The molecule has 1 heterocycles. The molecular formula is C18H17ClFN3O3. The molecule has 0 saturated carbocycles. The molecule has 0 fully saturated rings. The predicted octanol–water partition coefficient (Wildman–Crippen LogP) is 2.43. The predicted molar refractivity (Wildman–Crippen MR) is 97.2 cm³/mol. The fourth-order valence-corrected chi connectivity index (χ4v) is 2.88. The van der Waals surface area contributed by atoms with E-state index in [1.54, 1.807) is 23.1 Å². The Balaban J connectivity index is 1.78. The molecule has 6 nitrogen and oxygen atoms in total. The lowest BCUT2D eigenvalue weighted by Crippen LogP contribution is -2.50. The fourth-order valence-electron chi connectivity index (χ4n) is 2.71. The summed E-state index contributed by atoms with van der Waals surface area (Å²) in [5, 5.41) is 5.36. The molecule has 8 heteroatoms. The van der Waals surface area contributed by atoms with Crippen molar-refractivity contribution >= 4 is 34.8 Å². The summed E-state index contributed by atoms with van der Waals surface area (Å²) in [5.74, 6) is -0.785. The summed E-state index contributed by atoms with van der Waals surface area (Å²) in [6.07, 6.45) is -0.745. The van der Waals surface area contributed by atoms with E-state index >= 15 is 0 Å². The molecule has 2 amide bonds. The van der Waals surface area contributed by atoms with E-state index in [1.807, 2.05) is 6.07 Å². The number of nitrogens with one attached hydrogen (secondary N) is 2. The third-order valence-electron chi connectivity index (χ3n) is 3.94. The second-order valence-corrected chi connectivity index (χ2v) is 6.18. The highest BCUT2D eigenvalue weighted by Crippen LogP contribution is 2.33. The molecule has 0 bridgehead atoms. The number of hydrogen-bond donors (Lipinski definition) is 2. The van der Waals surface area contributed by atoms with Crippen molar-refractivity contribution in [1.29, 1.82) is 0 Å². The maximum atomic E-state index is 13.8. The second kappa shape index (κ2) is 7.61. The Bertz CT molecular complexity index is 846. The molecule has 0 aliphatic carbocycles. The largest absolute Gasteiger partial charge is 0.477 e. The van der Waals surface area contributed by atoms with Gasteiger partial charge in [-0.2, -0.15) is 0 Å². The third-order valence-corrected chi connectivity index (χ3v) is 4.17. The van der Waals surface area contributed by atoms with Crippen LogP contribution >= 0.6 is 11.6 Å². The molecule has 3 rings (SSSR count). The standard InChI is InChI=1S/C18H17ClFN3O3/c1-21-18(25)16-9-23(14-4-2-3-5-15(14)26-16)10-17(24)22-13-8-11(19)6-7-12(13)20/h2-8,16H,9-10H2,1H3,(H,21,25)(H,22,24). The molecule has 0 spiro atoms. The number of fused-ring (bicyclic) bond motifs is 1. The molecule has 1 aliphatic rings. The zero-order valence-electron chi connectivity index (χ0n) is 14.0. The smallest absolute Gasteiger partial charge is 0.262 e. The number of carbonyl (C=O) groups is 2. The minimum absolute atomic E-state index is 0.00639. The summed E-state index contributed by atoms with van der Waals surface area (Å²) in [6.45, 7) is 0.127. The first kappa shape index (κ1) is 18.0. The Morgan fingerprint density at radius 3 is 2.85 bits per heavy atom. The Hall–Kier alpha value is -2.80. The van der Waals surface area contributed by atoms with Gasteiger partial charge in [-0.3, -0.25) is 9.59 Å². The molecule has 0 aromatic heterocycles. The van der Waals surface area contributed by atoms with Crippen molar-refractivity contribution in [2.75, 3.05) is 30.4 Å². The number of nitrogens with zero attached hydrogens (tertiary/aromatic N) is 1. The number of carbonyl (C=O) groups excluding carboxylic acids is 2. The lowest BCUT2D eigenvalue weighted by molar-refractivity contribution is -0.127. The molecule has 26 heavy (non-hydrogen) atoms. The summed E-state index contributed by atoms with van der Waals surface area (Å²) in [5.41, 5.74) is 0.696. The first-order valence-electron chi connectivity index (χ1n) is 7.95. The van der Waals surface area contributed by atoms with Gasteiger partial charge in [0.2, 0.25) is 5.91 Å². The molecule has 2 N–H and O–H groups in total. The molecule has 0 saturated heterocycles. The monoisotopic (exact) mass is 377 g/mol. The highest BCUT2D eigenvalue weighted by molar-refractivity contribution is 6.30. The van der Waals surface area contributed by atoms with Gasteiger partial charge in [-0.1, -0.05) is 23.7 Å². The maximum Gasteiger partial charge on any atom is 0.262 e. The van der Waals surface area contributed by atoms with Crippen molar-refractivity contribution in [1.82, 2.24) is 5.32 Å². The highest BCUT2D eigenvalue weighted by atomic mass is 35.5. The van der Waals surface area contributed by atoms with Gasteiger partial charge in [-0.05, 0) is 30.3 Å². The lowest BCUT2D eigenvalue weighted by Gasteiger charge is -2.35. The number of likely N-dealkylation sites (N-methyl/N-ethyl adjacent to an activating group) is 1. The molecule has 1 aliphatic heterocycles. The van der Waals surface area contributed by atoms with Crippen molar-refractivity contribution in [3.05, 3.63) is 53.3 Å². The number of para-hydroxylation sites is 2. The summed E-state index contributed by atoms with van der Waals surface area (Å²) in [4.78, 5) is 26.1. The molecular weight excluding hydrogens is 361 g/mol. The van der Waals surface area contributed by atoms with E-state index in [0.29, 0.717) is 16.5 Å². The van der Waals surface area contributed by atoms with Crippen LogP contribution in [-0.2, 0) is 9.59 Å².